The molecule has 0 saturated carbocycles. The zero-order valence-electron chi connectivity index (χ0n) is 9.43. The summed E-state index contributed by atoms with van der Waals surface area (Å²) in [6, 6.07) is 8.24. The van der Waals surface area contributed by atoms with Crippen LogP contribution in [0.25, 0.3) is 0 Å². The first-order valence-corrected chi connectivity index (χ1v) is 5.75. The first-order valence-electron chi connectivity index (χ1n) is 5.37. The minimum atomic E-state index is -0.457. The van der Waals surface area contributed by atoms with Crippen molar-refractivity contribution in [3.05, 3.63) is 57.5 Å². The van der Waals surface area contributed by atoms with Crippen molar-refractivity contribution >= 4 is 23.0 Å². The highest BCUT2D eigenvalue weighted by atomic mass is 35.5. The maximum absolute atomic E-state index is 10.9. The molecule has 18 heavy (non-hydrogen) atoms. The van der Waals surface area contributed by atoms with Gasteiger partial charge in [0.2, 0.25) is 0 Å². The number of nitro groups is 1. The van der Waals surface area contributed by atoms with E-state index < -0.39 is 4.92 Å². The fraction of sp³-hybridized carbons (Fsp3) is 0.167. The third kappa shape index (κ3) is 2.81. The number of furan rings is 1. The zero-order chi connectivity index (χ0) is 13.0. The van der Waals surface area contributed by atoms with Crippen LogP contribution < -0.4 is 5.32 Å². The van der Waals surface area contributed by atoms with Gasteiger partial charge in [-0.05, 0) is 18.2 Å². The predicted molar refractivity (Wildman–Crippen MR) is 69.0 cm³/mol. The maximum Gasteiger partial charge on any atom is 0.293 e. The third-order valence-corrected chi connectivity index (χ3v) is 2.76. The largest absolute Gasteiger partial charge is 0.469 e. The van der Waals surface area contributed by atoms with Crippen LogP contribution in [0.15, 0.2) is 41.0 Å². The lowest BCUT2D eigenvalue weighted by Crippen LogP contribution is -2.07. The van der Waals surface area contributed by atoms with Gasteiger partial charge in [0.05, 0.1) is 16.2 Å². The smallest absolute Gasteiger partial charge is 0.293 e. The first kappa shape index (κ1) is 12.4. The molecule has 0 aliphatic heterocycles. The van der Waals surface area contributed by atoms with E-state index in [9.17, 15) is 10.1 Å². The topological polar surface area (TPSA) is 68.3 Å². The second kappa shape index (κ2) is 5.55. The fourth-order valence-electron chi connectivity index (χ4n) is 1.61. The Labute approximate surface area is 109 Å². The number of nitro benzene ring substituents is 1. The number of nitrogens with one attached hydrogen (secondary N) is 1. The van der Waals surface area contributed by atoms with Gasteiger partial charge in [0.1, 0.15) is 11.4 Å². The molecule has 94 valence electrons. The van der Waals surface area contributed by atoms with Crippen molar-refractivity contribution in [3.8, 4) is 0 Å². The Bertz CT molecular complexity index is 540. The lowest BCUT2D eigenvalue weighted by atomic mass is 10.2. The molecule has 0 spiro atoms. The molecule has 1 N–H and O–H groups in total. The number of anilines is 1. The molecular weight excluding hydrogens is 256 g/mol. The van der Waals surface area contributed by atoms with Crippen molar-refractivity contribution in [1.82, 2.24) is 0 Å². The number of para-hydroxylation sites is 1. The Balaban J connectivity index is 2.06. The van der Waals surface area contributed by atoms with E-state index in [0.717, 1.165) is 5.76 Å². The number of rotatable bonds is 5. The monoisotopic (exact) mass is 266 g/mol. The lowest BCUT2D eigenvalue weighted by Gasteiger charge is -2.07. The Kier molecular flexibility index (Phi) is 3.84. The lowest BCUT2D eigenvalue weighted by molar-refractivity contribution is -0.383. The van der Waals surface area contributed by atoms with E-state index in [0.29, 0.717) is 23.7 Å². The van der Waals surface area contributed by atoms with Crippen molar-refractivity contribution in [2.75, 3.05) is 11.9 Å². The van der Waals surface area contributed by atoms with Crippen LogP contribution in [0.4, 0.5) is 11.4 Å². The fourth-order valence-corrected chi connectivity index (χ4v) is 1.84. The average Bonchev–Trinajstić information content (AvgIpc) is 2.84. The summed E-state index contributed by atoms with van der Waals surface area (Å²) >= 11 is 5.94. The van der Waals surface area contributed by atoms with Crippen LogP contribution in [0.2, 0.25) is 5.02 Å². The molecule has 0 fully saturated rings. The van der Waals surface area contributed by atoms with Gasteiger partial charge < -0.3 is 9.73 Å². The molecule has 0 aliphatic carbocycles. The molecule has 0 radical (unpaired) electrons. The van der Waals surface area contributed by atoms with E-state index >= 15 is 0 Å². The molecule has 0 atom stereocenters. The highest BCUT2D eigenvalue weighted by Crippen LogP contribution is 2.31. The summed E-state index contributed by atoms with van der Waals surface area (Å²) in [7, 11) is 0. The summed E-state index contributed by atoms with van der Waals surface area (Å²) in [6.45, 7) is 0.512. The predicted octanol–water partition coefficient (Wildman–Crippen LogP) is 3.50. The molecule has 0 saturated heterocycles. The summed E-state index contributed by atoms with van der Waals surface area (Å²) in [5.74, 6) is 0.817. The first-order chi connectivity index (χ1) is 8.68. The quantitative estimate of drug-likeness (QED) is 0.664. The van der Waals surface area contributed by atoms with Crippen LogP contribution in [0.5, 0.6) is 0 Å². The molecule has 0 bridgehead atoms. The van der Waals surface area contributed by atoms with Crippen molar-refractivity contribution < 1.29 is 9.34 Å². The standard InChI is InChI=1S/C12H11ClN2O3/c13-10-4-1-5-11(15(16)17)12(10)14-7-6-9-3-2-8-18-9/h1-5,8,14H,6-7H2. The third-order valence-electron chi connectivity index (χ3n) is 2.44. The highest BCUT2D eigenvalue weighted by Gasteiger charge is 2.15. The molecule has 1 aromatic heterocycles. The molecule has 2 aromatic rings. The number of nitrogens with zero attached hydrogens (tertiary/aromatic N) is 1. The molecule has 2 rings (SSSR count). The van der Waals surface area contributed by atoms with E-state index in [-0.39, 0.29) is 5.69 Å². The summed E-state index contributed by atoms with van der Waals surface area (Å²) in [4.78, 5) is 10.4. The van der Waals surface area contributed by atoms with Crippen LogP contribution in [0.3, 0.4) is 0 Å². The van der Waals surface area contributed by atoms with Gasteiger partial charge >= 0.3 is 0 Å². The van der Waals surface area contributed by atoms with Crippen LogP contribution in [0, 0.1) is 10.1 Å². The molecule has 1 heterocycles. The minimum Gasteiger partial charge on any atom is -0.469 e. The van der Waals surface area contributed by atoms with Crippen LogP contribution >= 0.6 is 11.6 Å². The highest BCUT2D eigenvalue weighted by molar-refractivity contribution is 6.33. The van der Waals surface area contributed by atoms with Gasteiger partial charge in [0.25, 0.3) is 5.69 Å². The van der Waals surface area contributed by atoms with E-state index in [1.54, 1.807) is 24.5 Å². The molecular formula is C12H11ClN2O3. The zero-order valence-corrected chi connectivity index (χ0v) is 10.2. The minimum absolute atomic E-state index is 0.0260. The Morgan fingerprint density at radius 1 is 1.33 bits per heavy atom. The van der Waals surface area contributed by atoms with E-state index in [1.807, 2.05) is 6.07 Å². The number of halogens is 1. The summed E-state index contributed by atoms with van der Waals surface area (Å²) in [5.41, 5.74) is 0.317. The second-order valence-electron chi connectivity index (χ2n) is 3.65. The molecule has 0 aliphatic rings. The Morgan fingerprint density at radius 2 is 2.17 bits per heavy atom. The summed E-state index contributed by atoms with van der Waals surface area (Å²) < 4.78 is 5.17. The van der Waals surface area contributed by atoms with Crippen LogP contribution in [-0.4, -0.2) is 11.5 Å². The second-order valence-corrected chi connectivity index (χ2v) is 4.05. The molecule has 0 amide bonds. The van der Waals surface area contributed by atoms with E-state index in [2.05, 4.69) is 5.32 Å². The van der Waals surface area contributed by atoms with Gasteiger partial charge in [-0.25, -0.2) is 0 Å². The Morgan fingerprint density at radius 3 is 2.83 bits per heavy atom. The van der Waals surface area contributed by atoms with Gasteiger partial charge in [-0.3, -0.25) is 10.1 Å². The van der Waals surface area contributed by atoms with E-state index in [4.69, 9.17) is 16.0 Å². The van der Waals surface area contributed by atoms with Crippen LogP contribution in [-0.2, 0) is 6.42 Å². The SMILES string of the molecule is O=[N+]([O-])c1cccc(Cl)c1NCCc1ccco1. The average molecular weight is 267 g/mol. The molecule has 6 heteroatoms. The Hall–Kier alpha value is -2.01. The van der Waals surface area contributed by atoms with Crippen molar-refractivity contribution in [2.45, 2.75) is 6.42 Å². The number of hydrogen-bond donors (Lipinski definition) is 1. The van der Waals surface area contributed by atoms with Gasteiger partial charge in [-0.15, -0.1) is 0 Å². The van der Waals surface area contributed by atoms with Crippen LogP contribution in [0.1, 0.15) is 5.76 Å². The van der Waals surface area contributed by atoms with Gasteiger partial charge in [0, 0.05) is 19.0 Å². The number of benzene rings is 1. The molecule has 1 aromatic carbocycles. The van der Waals surface area contributed by atoms with Gasteiger partial charge in [-0.2, -0.15) is 0 Å². The van der Waals surface area contributed by atoms with Crippen molar-refractivity contribution in [3.63, 3.8) is 0 Å². The summed E-state index contributed by atoms with van der Waals surface area (Å²) in [6.07, 6.45) is 2.22. The maximum atomic E-state index is 10.9. The summed E-state index contributed by atoms with van der Waals surface area (Å²) in [5, 5.41) is 14.2. The van der Waals surface area contributed by atoms with Gasteiger partial charge in [0.15, 0.2) is 0 Å². The number of hydrogen-bond acceptors (Lipinski definition) is 4. The van der Waals surface area contributed by atoms with E-state index in [1.165, 1.54) is 6.07 Å². The van der Waals surface area contributed by atoms with Crippen molar-refractivity contribution in [2.24, 2.45) is 0 Å². The van der Waals surface area contributed by atoms with Crippen molar-refractivity contribution in [1.29, 1.82) is 0 Å². The van der Waals surface area contributed by atoms with Gasteiger partial charge in [-0.1, -0.05) is 17.7 Å². The molecule has 0 unspecified atom stereocenters. The normalized spacial score (nSPS) is 10.3. The molecule has 5 nitrogen and oxygen atoms in total.